The van der Waals surface area contributed by atoms with Crippen molar-refractivity contribution >= 4 is 34.1 Å². The Morgan fingerprint density at radius 1 is 1.08 bits per heavy atom. The van der Waals surface area contributed by atoms with E-state index in [2.05, 4.69) is 14.9 Å². The van der Waals surface area contributed by atoms with E-state index in [1.54, 1.807) is 12.1 Å². The third-order valence-corrected chi connectivity index (χ3v) is 7.84. The lowest BCUT2D eigenvalue weighted by atomic mass is 9.90. The monoisotopic (exact) mass is 538 g/mol. The van der Waals surface area contributed by atoms with Crippen LogP contribution in [0.5, 0.6) is 0 Å². The molecule has 10 heteroatoms. The zero-order valence-corrected chi connectivity index (χ0v) is 22.6. The zero-order valence-electron chi connectivity index (χ0n) is 20.9. The number of carbonyl (C=O) groups excluding carboxylic acids is 1. The molecular formula is C26H39ClN4O4S. The topological polar surface area (TPSA) is 102 Å². The van der Waals surface area contributed by atoms with E-state index in [0.717, 1.165) is 56.6 Å². The van der Waals surface area contributed by atoms with Crippen LogP contribution >= 0.6 is 12.4 Å². The van der Waals surface area contributed by atoms with Gasteiger partial charge in [-0.05, 0) is 88.0 Å². The van der Waals surface area contributed by atoms with Crippen LogP contribution in [0.1, 0.15) is 31.7 Å². The molecule has 1 saturated heterocycles. The van der Waals surface area contributed by atoms with Crippen molar-refractivity contribution in [1.82, 2.24) is 14.9 Å². The number of halogens is 1. The maximum atomic E-state index is 12.5. The summed E-state index contributed by atoms with van der Waals surface area (Å²) >= 11 is 0. The number of aliphatic hydroxyl groups excluding tert-OH is 1. The summed E-state index contributed by atoms with van der Waals surface area (Å²) in [5.41, 5.74) is 2.06. The van der Waals surface area contributed by atoms with Crippen LogP contribution in [0.25, 0.3) is 0 Å². The Morgan fingerprint density at radius 3 is 2.36 bits per heavy atom. The van der Waals surface area contributed by atoms with E-state index in [1.165, 1.54) is 0 Å². The van der Waals surface area contributed by atoms with Gasteiger partial charge in [-0.2, -0.15) is 0 Å². The first kappa shape index (κ1) is 30.1. The fourth-order valence-electron chi connectivity index (χ4n) is 4.47. The van der Waals surface area contributed by atoms with Gasteiger partial charge in [0.15, 0.2) is 0 Å². The van der Waals surface area contributed by atoms with Gasteiger partial charge in [-0.3, -0.25) is 4.90 Å². The SMILES string of the molecule is CCNC(=O)N(CCCN1CCC(Cc2ccc(S(=O)(=O)NCCO)cc2)CC1)c1ccccc1.Cl. The summed E-state index contributed by atoms with van der Waals surface area (Å²) in [5.74, 6) is 0.581. The van der Waals surface area contributed by atoms with Crippen molar-refractivity contribution in [3.8, 4) is 0 Å². The summed E-state index contributed by atoms with van der Waals surface area (Å²) in [7, 11) is -3.57. The Hall–Kier alpha value is -2.17. The Bertz CT molecular complexity index is 1010. The number of hydrogen-bond donors (Lipinski definition) is 3. The van der Waals surface area contributed by atoms with Crippen LogP contribution in [0.15, 0.2) is 59.5 Å². The summed E-state index contributed by atoms with van der Waals surface area (Å²) in [6.45, 7) is 6.03. The number of sulfonamides is 1. The van der Waals surface area contributed by atoms with Crippen molar-refractivity contribution in [1.29, 1.82) is 0 Å². The summed E-state index contributed by atoms with van der Waals surface area (Å²) < 4.78 is 26.7. The molecule has 2 amide bonds. The summed E-state index contributed by atoms with van der Waals surface area (Å²) in [6.07, 6.45) is 4.07. The molecule has 3 N–H and O–H groups in total. The van der Waals surface area contributed by atoms with Gasteiger partial charge in [0.25, 0.3) is 0 Å². The van der Waals surface area contributed by atoms with E-state index in [0.29, 0.717) is 19.0 Å². The van der Waals surface area contributed by atoms with Crippen LogP contribution in [0.2, 0.25) is 0 Å². The number of nitrogens with one attached hydrogen (secondary N) is 2. The molecule has 0 aliphatic carbocycles. The molecule has 8 nitrogen and oxygen atoms in total. The number of aliphatic hydroxyl groups is 1. The van der Waals surface area contributed by atoms with Crippen molar-refractivity contribution < 1.29 is 18.3 Å². The predicted molar refractivity (Wildman–Crippen MR) is 146 cm³/mol. The molecule has 2 aromatic rings. The molecule has 3 rings (SSSR count). The average molecular weight is 539 g/mol. The van der Waals surface area contributed by atoms with Gasteiger partial charge in [-0.1, -0.05) is 30.3 Å². The second kappa shape index (κ2) is 15.2. The highest BCUT2D eigenvalue weighted by molar-refractivity contribution is 7.89. The Morgan fingerprint density at radius 2 is 1.75 bits per heavy atom. The molecule has 0 unspecified atom stereocenters. The number of rotatable bonds is 12. The van der Waals surface area contributed by atoms with Gasteiger partial charge >= 0.3 is 6.03 Å². The van der Waals surface area contributed by atoms with Crippen molar-refractivity contribution in [3.05, 3.63) is 60.2 Å². The summed E-state index contributed by atoms with van der Waals surface area (Å²) in [4.78, 5) is 17.0. The number of carbonyl (C=O) groups is 1. The largest absolute Gasteiger partial charge is 0.395 e. The third-order valence-electron chi connectivity index (χ3n) is 6.37. The molecule has 1 aliphatic rings. The molecule has 1 fully saturated rings. The minimum Gasteiger partial charge on any atom is -0.395 e. The highest BCUT2D eigenvalue weighted by atomic mass is 35.5. The van der Waals surface area contributed by atoms with Gasteiger partial charge in [0.2, 0.25) is 10.0 Å². The number of likely N-dealkylation sites (tertiary alicyclic amines) is 1. The molecule has 0 spiro atoms. The maximum absolute atomic E-state index is 12.5. The highest BCUT2D eigenvalue weighted by Crippen LogP contribution is 2.23. The van der Waals surface area contributed by atoms with E-state index in [-0.39, 0.29) is 36.5 Å². The summed E-state index contributed by atoms with van der Waals surface area (Å²) in [5, 5.41) is 11.7. The van der Waals surface area contributed by atoms with E-state index in [1.807, 2.05) is 54.3 Å². The molecule has 0 aromatic heterocycles. The minimum atomic E-state index is -3.57. The molecule has 36 heavy (non-hydrogen) atoms. The standard InChI is InChI=1S/C26H38N4O4S.ClH/c1-2-27-26(32)30(24-7-4-3-5-8-24)17-6-16-29-18-13-23(14-19-29)21-22-9-11-25(12-10-22)35(33,34)28-15-20-31;/h3-5,7-12,23,28,31H,2,6,13-21H2,1H3,(H,27,32);1H. The van der Waals surface area contributed by atoms with Gasteiger partial charge in [-0.25, -0.2) is 17.9 Å². The van der Waals surface area contributed by atoms with Gasteiger partial charge in [0.1, 0.15) is 0 Å². The predicted octanol–water partition coefficient (Wildman–Crippen LogP) is 3.26. The lowest BCUT2D eigenvalue weighted by Crippen LogP contribution is -2.42. The molecule has 0 radical (unpaired) electrons. The molecule has 0 atom stereocenters. The van der Waals surface area contributed by atoms with Crippen LogP contribution in [0, 0.1) is 5.92 Å². The van der Waals surface area contributed by atoms with Crippen LogP contribution in [-0.2, 0) is 16.4 Å². The number of benzene rings is 2. The van der Waals surface area contributed by atoms with E-state index < -0.39 is 10.0 Å². The van der Waals surface area contributed by atoms with Gasteiger partial charge in [0, 0.05) is 25.3 Å². The molecule has 0 saturated carbocycles. The Labute approximate surface area is 221 Å². The normalized spacial score (nSPS) is 14.7. The highest BCUT2D eigenvalue weighted by Gasteiger charge is 2.21. The van der Waals surface area contributed by atoms with Crippen LogP contribution in [0.3, 0.4) is 0 Å². The van der Waals surface area contributed by atoms with Crippen molar-refractivity contribution in [2.75, 3.05) is 50.8 Å². The van der Waals surface area contributed by atoms with Gasteiger partial charge in [0.05, 0.1) is 11.5 Å². The molecule has 2 aromatic carbocycles. The van der Waals surface area contributed by atoms with Gasteiger partial charge < -0.3 is 15.3 Å². The number of nitrogens with zero attached hydrogens (tertiary/aromatic N) is 2. The fourth-order valence-corrected chi connectivity index (χ4v) is 5.49. The number of amides is 2. The number of para-hydroxylation sites is 1. The lowest BCUT2D eigenvalue weighted by molar-refractivity contribution is 0.183. The zero-order chi connectivity index (χ0) is 25.1. The van der Waals surface area contributed by atoms with E-state index in [9.17, 15) is 13.2 Å². The Kier molecular flexibility index (Phi) is 12.7. The number of anilines is 1. The second-order valence-electron chi connectivity index (χ2n) is 8.93. The summed E-state index contributed by atoms with van der Waals surface area (Å²) in [6, 6.07) is 16.8. The van der Waals surface area contributed by atoms with Crippen LogP contribution in [0.4, 0.5) is 10.5 Å². The molecule has 200 valence electrons. The first-order chi connectivity index (χ1) is 16.9. The van der Waals surface area contributed by atoms with Crippen molar-refractivity contribution in [2.24, 2.45) is 5.92 Å². The van der Waals surface area contributed by atoms with Gasteiger partial charge in [-0.15, -0.1) is 12.4 Å². The molecule has 1 heterocycles. The van der Waals surface area contributed by atoms with Crippen LogP contribution < -0.4 is 14.9 Å². The van der Waals surface area contributed by atoms with Crippen molar-refractivity contribution in [2.45, 2.75) is 37.5 Å². The fraction of sp³-hybridized carbons (Fsp3) is 0.500. The number of hydrogen-bond acceptors (Lipinski definition) is 5. The molecule has 0 bridgehead atoms. The van der Waals surface area contributed by atoms with E-state index in [4.69, 9.17) is 5.11 Å². The lowest BCUT2D eigenvalue weighted by Gasteiger charge is -2.32. The smallest absolute Gasteiger partial charge is 0.321 e. The minimum absolute atomic E-state index is 0. The van der Waals surface area contributed by atoms with Crippen molar-refractivity contribution in [3.63, 3.8) is 0 Å². The van der Waals surface area contributed by atoms with E-state index >= 15 is 0 Å². The second-order valence-corrected chi connectivity index (χ2v) is 10.7. The van der Waals surface area contributed by atoms with Crippen LogP contribution in [-0.4, -0.2) is 70.3 Å². The number of urea groups is 1. The first-order valence-corrected chi connectivity index (χ1v) is 13.9. The number of piperidine rings is 1. The third kappa shape index (κ3) is 9.05. The quantitative estimate of drug-likeness (QED) is 0.385. The first-order valence-electron chi connectivity index (χ1n) is 12.4. The molecular weight excluding hydrogens is 500 g/mol. The maximum Gasteiger partial charge on any atom is 0.321 e. The average Bonchev–Trinajstić information content (AvgIpc) is 2.87. The Balaban J connectivity index is 0.00000456. The molecule has 1 aliphatic heterocycles.